The predicted molar refractivity (Wildman–Crippen MR) is 348 cm³/mol. The number of piperidine rings is 1. The monoisotopic (exact) mass is 1530 g/mol. The summed E-state index contributed by atoms with van der Waals surface area (Å²) in [7, 11) is -9.17. The largest absolute Gasteiger partial charge is 1.00 e. The molecule has 0 amide bonds. The van der Waals surface area contributed by atoms with Crippen molar-refractivity contribution < 1.29 is 163 Å². The molecule has 6 saturated carbocycles. The minimum atomic E-state index is -4.58. The molecule has 0 aromatic rings. The molecular weight excluding hydrogens is 1440 g/mol. The molecule has 12 heterocycles. The summed E-state index contributed by atoms with van der Waals surface area (Å²) in [6, 6.07) is 0. The number of phosphoric ester groups is 2. The summed E-state index contributed by atoms with van der Waals surface area (Å²) in [5.74, 6) is -1.31. The predicted octanol–water partition coefficient (Wildman–Crippen LogP) is 0.304. The third kappa shape index (κ3) is 8.89. The summed E-state index contributed by atoms with van der Waals surface area (Å²) in [6.07, 6.45) is 5.24. The van der Waals surface area contributed by atoms with Crippen LogP contribution < -0.4 is 74.2 Å². The number of carbonyl (C=O) groups excluding carboxylic acids is 3. The summed E-state index contributed by atoms with van der Waals surface area (Å²) >= 11 is 2.99. The first-order chi connectivity index (χ1) is 46.9. The fourth-order valence-electron chi connectivity index (χ4n) is 24.6. The van der Waals surface area contributed by atoms with Gasteiger partial charge in [0.25, 0.3) is 15.6 Å². The average molecular weight is 1530 g/mol. The molecule has 21 aliphatic rings. The number of nitrogens with zero attached hydrogens (tertiary/aromatic N) is 3. The number of ether oxygens (including phenoxy) is 9. The number of nitriles is 3. The van der Waals surface area contributed by atoms with E-state index in [1.807, 2.05) is 41.5 Å². The smallest absolute Gasteiger partial charge is 0.756 e. The zero-order chi connectivity index (χ0) is 69.8. The van der Waals surface area contributed by atoms with Crippen LogP contribution in [0.15, 0.2) is 33.4 Å². The van der Waals surface area contributed by atoms with E-state index in [9.17, 15) is 59.3 Å². The topological polar surface area (TPSA) is 395 Å². The number of hydrogen-bond donors (Lipinski definition) is 3. The Balaban J connectivity index is 0.000000117. The number of thiocyanates is 3. The zero-order valence-corrected chi connectivity index (χ0v) is 66.7. The molecule has 544 valence electrons. The van der Waals surface area contributed by atoms with Gasteiger partial charge in [0.05, 0.1) is 34.1 Å². The molecule has 15 fully saturated rings. The fourth-order valence-corrected chi connectivity index (χ4v) is 30.9. The molecule has 6 spiro atoms. The number of esters is 3. The van der Waals surface area contributed by atoms with E-state index in [4.69, 9.17) is 60.7 Å². The Morgan fingerprint density at radius 1 is 0.529 bits per heavy atom. The quantitative estimate of drug-likeness (QED) is 0.0804. The number of hydrogen-bond acceptors (Lipinski definition) is 29. The van der Waals surface area contributed by atoms with Gasteiger partial charge in [0, 0.05) is 33.0 Å². The third-order valence-electron chi connectivity index (χ3n) is 29.2. The van der Waals surface area contributed by atoms with Gasteiger partial charge in [-0.05, 0) is 171 Å². The molecule has 3 N–H and O–H groups in total. The molecule has 102 heavy (non-hydrogen) atoms. The summed E-state index contributed by atoms with van der Waals surface area (Å²) in [5, 5.41) is 60.0. The molecule has 29 atom stereocenters. The molecule has 26 nitrogen and oxygen atoms in total. The van der Waals surface area contributed by atoms with Gasteiger partial charge in [0.1, 0.15) is 106 Å². The van der Waals surface area contributed by atoms with E-state index >= 15 is 0 Å². The molecule has 12 aliphatic heterocycles. The summed E-state index contributed by atoms with van der Waals surface area (Å²) in [5.41, 5.74) is -4.89. The first kappa shape index (κ1) is 76.4. The van der Waals surface area contributed by atoms with E-state index in [0.29, 0.717) is 71.2 Å². The first-order valence-electron chi connectivity index (χ1n) is 35.3. The van der Waals surface area contributed by atoms with Crippen molar-refractivity contribution in [2.75, 3.05) is 32.9 Å². The normalized spacial score (nSPS) is 54.2. The van der Waals surface area contributed by atoms with Crippen molar-refractivity contribution in [3.8, 4) is 16.2 Å². The van der Waals surface area contributed by atoms with Crippen molar-refractivity contribution in [3.05, 3.63) is 33.4 Å². The van der Waals surface area contributed by atoms with E-state index in [-0.39, 0.29) is 150 Å². The van der Waals surface area contributed by atoms with Crippen molar-refractivity contribution in [1.29, 1.82) is 15.8 Å². The number of phosphoric acid groups is 2. The Bertz CT molecular complexity index is 3840. The van der Waals surface area contributed by atoms with Crippen LogP contribution in [0.2, 0.25) is 0 Å². The number of fused-ring (bicyclic) bond motifs is 8. The van der Waals surface area contributed by atoms with Crippen LogP contribution in [0, 0.1) is 83.7 Å². The number of carbonyl (C=O) groups is 3. The van der Waals surface area contributed by atoms with Gasteiger partial charge in [-0.2, -0.15) is 15.8 Å². The van der Waals surface area contributed by atoms with Crippen molar-refractivity contribution in [2.45, 2.75) is 268 Å². The Hall–Kier alpha value is -0.990. The maximum atomic E-state index is 12.7. The van der Waals surface area contributed by atoms with E-state index < -0.39 is 123 Å². The minimum absolute atomic E-state index is 0. The van der Waals surface area contributed by atoms with Crippen molar-refractivity contribution in [2.24, 2.45) is 51.8 Å². The Morgan fingerprint density at radius 3 is 1.19 bits per heavy atom. The molecule has 33 heteroatoms. The number of nitrogens with one attached hydrogen (secondary N) is 1. The van der Waals surface area contributed by atoms with Crippen molar-refractivity contribution in [3.63, 3.8) is 0 Å². The van der Waals surface area contributed by atoms with Gasteiger partial charge < -0.3 is 86.0 Å². The summed E-state index contributed by atoms with van der Waals surface area (Å²) < 4.78 is 103. The summed E-state index contributed by atoms with van der Waals surface area (Å²) in [4.78, 5) is 62.0. The molecule has 9 aliphatic carbocycles. The van der Waals surface area contributed by atoms with Crippen LogP contribution in [-0.4, -0.2) is 182 Å². The van der Waals surface area contributed by atoms with Gasteiger partial charge >= 0.3 is 77.0 Å². The average Bonchev–Trinajstić information content (AvgIpc) is 1.45. The molecule has 0 aromatic carbocycles. The van der Waals surface area contributed by atoms with E-state index in [0.717, 1.165) is 75.1 Å². The number of thioether (sulfide) groups is 3. The van der Waals surface area contributed by atoms with E-state index in [1.54, 1.807) is 0 Å². The Kier molecular flexibility index (Phi) is 18.2. The van der Waals surface area contributed by atoms with Gasteiger partial charge in [0.2, 0.25) is 0 Å². The van der Waals surface area contributed by atoms with Crippen LogP contribution in [0.25, 0.3) is 0 Å². The Morgan fingerprint density at radius 2 is 0.863 bits per heavy atom. The first-order valence-corrected chi connectivity index (χ1v) is 40.8. The third-order valence-corrected chi connectivity index (χ3v) is 34.2. The molecule has 0 bridgehead atoms. The van der Waals surface area contributed by atoms with Crippen LogP contribution in [0.1, 0.15) is 147 Å². The number of aliphatic hydroxyl groups excluding tert-OH is 1. The maximum Gasteiger partial charge on any atom is 1.00 e. The van der Waals surface area contributed by atoms with E-state index in [2.05, 4.69) is 42.3 Å². The van der Waals surface area contributed by atoms with Gasteiger partial charge in [-0.3, -0.25) is 9.13 Å². The molecule has 0 aromatic heterocycles. The van der Waals surface area contributed by atoms with Crippen LogP contribution in [-0.2, 0) is 84.2 Å². The zero-order valence-electron chi connectivity index (χ0n) is 58.4. The minimum Gasteiger partial charge on any atom is -0.756 e. The maximum absolute atomic E-state index is 12.7. The van der Waals surface area contributed by atoms with E-state index in [1.165, 1.54) is 32.4 Å². The van der Waals surface area contributed by atoms with Crippen LogP contribution >= 0.6 is 50.9 Å². The van der Waals surface area contributed by atoms with Crippen LogP contribution in [0.3, 0.4) is 0 Å². The molecular formula is C69H86N4Na2O22P2S3. The second kappa shape index (κ2) is 24.3. The fraction of sp³-hybridized carbons (Fsp3) is 0.826. The standard InChI is InChI=1S/2C21H24NO8PS.C21H25NO6S.C5H11N.CH4.2Na/c2*1-9(2)19-15(32-8-22)14-21(28-14)18(3)5-4-10-11(7-26-16(10)23)12(18)6-13-20(21,27-13)17(19)29-31(24,25)30-19;1-9(2)19(25)15(29-8-22)14-21(28-14)18(3)5-4-10-11(7-26-16(10)23)12(18)6-13-20(21,27-13)17(19)24;1-2-4-6-5-3-1;;;/h2*9,12-15,17H,4-7H2,1-3H3,(H,24,25);9,12-15,17,24-25H,4-7H2,1-3H3;6H,1-5H2;1H4;;/q;;;;;2*+1/p-2/t3*12-,13-,14?,15+,17+,18-,19+,20+,21+;;;;/m000..../s1. The Labute approximate surface area is 650 Å². The molecule has 9 saturated heterocycles. The van der Waals surface area contributed by atoms with Gasteiger partial charge in [-0.1, -0.05) is 76.2 Å². The second-order valence-electron chi connectivity index (χ2n) is 33.1. The van der Waals surface area contributed by atoms with Crippen molar-refractivity contribution >= 4 is 68.8 Å². The molecule has 5 unspecified atom stereocenters. The van der Waals surface area contributed by atoms with Crippen molar-refractivity contribution in [1.82, 2.24) is 5.32 Å². The van der Waals surface area contributed by atoms with Crippen LogP contribution in [0.4, 0.5) is 0 Å². The van der Waals surface area contributed by atoms with Crippen LogP contribution in [0.5, 0.6) is 0 Å². The van der Waals surface area contributed by atoms with Gasteiger partial charge in [-0.25, -0.2) is 14.4 Å². The van der Waals surface area contributed by atoms with Gasteiger partial charge in [-0.15, -0.1) is 0 Å². The number of rotatable bonds is 6. The number of aliphatic hydroxyl groups is 2. The summed E-state index contributed by atoms with van der Waals surface area (Å²) in [6.45, 7) is 21.2. The SMILES string of the molecule is C.C1CCNCC1.CC(C)[C@@]1(O)[C@H](SC#N)C2O[C@]23[C@]2(O[C@H]2C[C@H]2C4=C(CC[C@@]23C)C(=O)OC4)[C@@H]1O.CC(C)[C@]12OP(=O)([O-])O[C@H]1[C@]13O[C@H]1C[C@H]1C4=C(CC[C@]1(C)[C@@]31OC1[C@H]2SC#N)C(=O)OC4.CC(C)[C@]12OP(=O)([O-])O[C@H]1[C@]13O[C@H]1C[C@H]1C4=C(CC[C@]1(C)[C@@]31OC1[C@H]2SC#N)C(=O)OC4.[Na+].[Na+]. The number of cyclic esters (lactones) is 3. The molecule has 0 radical (unpaired) electrons. The number of epoxide rings is 6. The second-order valence-corrected chi connectivity index (χ2v) is 38.4. The van der Waals surface area contributed by atoms with Gasteiger partial charge in [0.15, 0.2) is 16.8 Å². The molecule has 21 rings (SSSR count).